The molecule has 1 atom stereocenters. The molecule has 1 aliphatic heterocycles. The quantitative estimate of drug-likeness (QED) is 0.423. The molecule has 13 heteroatoms. The van der Waals surface area contributed by atoms with Crippen LogP contribution in [0.3, 0.4) is 0 Å². The summed E-state index contributed by atoms with van der Waals surface area (Å²) in [7, 11) is -4.12. The van der Waals surface area contributed by atoms with Crippen molar-refractivity contribution in [3.63, 3.8) is 0 Å². The van der Waals surface area contributed by atoms with Crippen molar-refractivity contribution in [3.8, 4) is 11.4 Å². The minimum Gasteiger partial charge on any atom is -0.363 e. The van der Waals surface area contributed by atoms with Crippen molar-refractivity contribution in [1.29, 1.82) is 0 Å². The van der Waals surface area contributed by atoms with E-state index in [2.05, 4.69) is 20.4 Å². The lowest BCUT2D eigenvalue weighted by atomic mass is 10.1. The van der Waals surface area contributed by atoms with E-state index in [1.165, 1.54) is 16.8 Å². The first kappa shape index (κ1) is 21.1. The van der Waals surface area contributed by atoms with Crippen LogP contribution in [0.1, 0.15) is 37.3 Å². The van der Waals surface area contributed by atoms with Gasteiger partial charge in [-0.05, 0) is 29.9 Å². The molecule has 32 heavy (non-hydrogen) atoms. The van der Waals surface area contributed by atoms with Crippen molar-refractivity contribution < 1.29 is 22.1 Å². The molecule has 0 radical (unpaired) electrons. The molecule has 5 rings (SSSR count). The summed E-state index contributed by atoms with van der Waals surface area (Å²) in [6.45, 7) is 0.206. The first-order valence-corrected chi connectivity index (χ1v) is 11.6. The molecule has 1 saturated heterocycles. The van der Waals surface area contributed by atoms with Gasteiger partial charge in [0.25, 0.3) is 0 Å². The van der Waals surface area contributed by atoms with Gasteiger partial charge in [-0.1, -0.05) is 4.31 Å². The molecule has 3 aromatic rings. The molecule has 0 bridgehead atoms. The number of halogens is 2. The number of pyridine rings is 1. The first-order chi connectivity index (χ1) is 15.2. The Labute approximate surface area is 181 Å². The Morgan fingerprint density at radius 1 is 1.19 bits per heavy atom. The average molecular weight is 467 g/mol. The SMILES string of the molecule is O=c1cc2[nH]cc(-c3nc(NC4CCCN([S+](=O)(O)O)C4)c(F)cc3F)n2nc1C1CC1. The molecular formula is C19H21F2N6O4S+. The smallest absolute Gasteiger partial charge is 0.363 e. The molecule has 0 aromatic carbocycles. The second-order valence-corrected chi connectivity index (χ2v) is 9.58. The van der Waals surface area contributed by atoms with Gasteiger partial charge in [-0.15, -0.1) is 9.11 Å². The molecule has 10 nitrogen and oxygen atoms in total. The number of H-pyrrole nitrogens is 1. The standard InChI is InChI=1S/C19H20F2N6O4S/c20-12-6-13(21)19(23-11-2-1-5-26(9-11)32(29,30)31)24-18(12)14-8-22-16-7-15(28)17(10-3-4-10)25-27(14)16/h6-8,10-11H,1-5,9H2,(H3-,22,23,24,28,29,30,31)/p+1. The van der Waals surface area contributed by atoms with E-state index in [-0.39, 0.29) is 41.6 Å². The van der Waals surface area contributed by atoms with Crippen molar-refractivity contribution in [1.82, 2.24) is 23.9 Å². The summed E-state index contributed by atoms with van der Waals surface area (Å²) in [5.74, 6) is -1.96. The topological polar surface area (TPSA) is 136 Å². The summed E-state index contributed by atoms with van der Waals surface area (Å²) in [5, 5.41) is 7.22. The monoisotopic (exact) mass is 467 g/mol. The number of piperidine rings is 1. The largest absolute Gasteiger partial charge is 0.439 e. The van der Waals surface area contributed by atoms with Crippen molar-refractivity contribution in [2.75, 3.05) is 18.4 Å². The van der Waals surface area contributed by atoms with Crippen molar-refractivity contribution in [3.05, 3.63) is 45.9 Å². The molecule has 4 heterocycles. The van der Waals surface area contributed by atoms with E-state index in [0.29, 0.717) is 30.2 Å². The minimum absolute atomic E-state index is 0.0138. The third-order valence-electron chi connectivity index (χ3n) is 5.74. The van der Waals surface area contributed by atoms with Gasteiger partial charge < -0.3 is 10.3 Å². The van der Waals surface area contributed by atoms with E-state index in [1.807, 2.05) is 0 Å². The lowest BCUT2D eigenvalue weighted by molar-refractivity contribution is 0.257. The van der Waals surface area contributed by atoms with Gasteiger partial charge in [0.15, 0.2) is 17.5 Å². The number of nitrogens with one attached hydrogen (secondary N) is 2. The number of aromatic amines is 1. The summed E-state index contributed by atoms with van der Waals surface area (Å²) in [5.41, 5.74) is 0.628. The molecule has 1 unspecified atom stereocenters. The van der Waals surface area contributed by atoms with Gasteiger partial charge in [-0.25, -0.2) is 18.3 Å². The average Bonchev–Trinajstić information content (AvgIpc) is 3.50. The van der Waals surface area contributed by atoms with Gasteiger partial charge in [-0.3, -0.25) is 4.79 Å². The van der Waals surface area contributed by atoms with Crippen LogP contribution >= 0.6 is 0 Å². The third-order valence-corrected chi connectivity index (χ3v) is 6.74. The summed E-state index contributed by atoms with van der Waals surface area (Å²) in [6.07, 6.45) is 4.23. The van der Waals surface area contributed by atoms with E-state index >= 15 is 0 Å². The Balaban J connectivity index is 1.50. The van der Waals surface area contributed by atoms with Crippen molar-refractivity contribution in [2.45, 2.75) is 37.6 Å². The number of nitrogens with zero attached hydrogens (tertiary/aromatic N) is 4. The number of hydrogen-bond donors (Lipinski definition) is 4. The molecule has 170 valence electrons. The molecule has 2 aliphatic rings. The van der Waals surface area contributed by atoms with Gasteiger partial charge in [-0.2, -0.15) is 5.10 Å². The Morgan fingerprint density at radius 3 is 2.69 bits per heavy atom. The Morgan fingerprint density at radius 2 is 1.97 bits per heavy atom. The number of anilines is 1. The van der Waals surface area contributed by atoms with E-state index in [9.17, 15) is 26.9 Å². The molecule has 2 fully saturated rings. The number of hydrogen-bond acceptors (Lipinski definition) is 5. The summed E-state index contributed by atoms with van der Waals surface area (Å²) in [4.78, 5) is 19.2. The number of aromatic nitrogens is 4. The minimum atomic E-state index is -4.12. The van der Waals surface area contributed by atoms with Gasteiger partial charge in [0.05, 0.1) is 13.1 Å². The Kier molecular flexibility index (Phi) is 5.08. The van der Waals surface area contributed by atoms with Crippen molar-refractivity contribution >= 4 is 22.1 Å². The molecule has 1 aliphatic carbocycles. The maximum absolute atomic E-state index is 14.7. The predicted molar refractivity (Wildman–Crippen MR) is 112 cm³/mol. The molecule has 4 N–H and O–H groups in total. The third kappa shape index (κ3) is 3.92. The van der Waals surface area contributed by atoms with Crippen LogP contribution in [0.25, 0.3) is 17.0 Å². The summed E-state index contributed by atoms with van der Waals surface area (Å²) >= 11 is 0. The highest BCUT2D eigenvalue weighted by atomic mass is 32.3. The zero-order valence-corrected chi connectivity index (χ0v) is 17.6. The Hall–Kier alpha value is -2.74. The predicted octanol–water partition coefficient (Wildman–Crippen LogP) is 2.48. The van der Waals surface area contributed by atoms with E-state index in [0.717, 1.165) is 17.1 Å². The van der Waals surface area contributed by atoms with E-state index in [4.69, 9.17) is 0 Å². The van der Waals surface area contributed by atoms with Gasteiger partial charge >= 0.3 is 10.7 Å². The summed E-state index contributed by atoms with van der Waals surface area (Å²) < 4.78 is 61.9. The first-order valence-electron chi connectivity index (χ1n) is 10.2. The van der Waals surface area contributed by atoms with Crippen LogP contribution in [0.15, 0.2) is 23.1 Å². The molecule has 3 aromatic heterocycles. The van der Waals surface area contributed by atoms with Crippen LogP contribution < -0.4 is 10.7 Å². The van der Waals surface area contributed by atoms with Gasteiger partial charge in [0.2, 0.25) is 5.43 Å². The highest BCUT2D eigenvalue weighted by Gasteiger charge is 2.38. The number of rotatable bonds is 5. The summed E-state index contributed by atoms with van der Waals surface area (Å²) in [6, 6.07) is 1.61. The molecule has 1 saturated carbocycles. The van der Waals surface area contributed by atoms with Crippen LogP contribution in [0.5, 0.6) is 0 Å². The van der Waals surface area contributed by atoms with E-state index < -0.39 is 28.4 Å². The second kappa shape index (κ2) is 7.69. The highest BCUT2D eigenvalue weighted by molar-refractivity contribution is 7.89. The van der Waals surface area contributed by atoms with Crippen LogP contribution in [-0.2, 0) is 14.9 Å². The molecular weight excluding hydrogens is 446 g/mol. The fourth-order valence-corrected chi connectivity index (χ4v) is 4.73. The zero-order valence-electron chi connectivity index (χ0n) is 16.8. The molecule has 0 amide bonds. The van der Waals surface area contributed by atoms with Crippen LogP contribution in [0.2, 0.25) is 0 Å². The number of fused-ring (bicyclic) bond motifs is 1. The normalized spacial score (nSPS) is 20.1. The van der Waals surface area contributed by atoms with E-state index in [1.54, 1.807) is 0 Å². The fraction of sp³-hybridized carbons (Fsp3) is 0.421. The highest BCUT2D eigenvalue weighted by Crippen LogP contribution is 2.37. The lowest BCUT2D eigenvalue weighted by Crippen LogP contribution is -2.47. The fourth-order valence-electron chi connectivity index (χ4n) is 3.99. The van der Waals surface area contributed by atoms with Crippen LogP contribution in [0.4, 0.5) is 14.6 Å². The maximum atomic E-state index is 14.7. The van der Waals surface area contributed by atoms with Gasteiger partial charge in [0.1, 0.15) is 22.7 Å². The second-order valence-electron chi connectivity index (χ2n) is 8.13. The lowest BCUT2D eigenvalue weighted by Gasteiger charge is -2.28. The van der Waals surface area contributed by atoms with Crippen molar-refractivity contribution in [2.24, 2.45) is 0 Å². The Bertz CT molecular complexity index is 1300. The van der Waals surface area contributed by atoms with Crippen LogP contribution in [-0.4, -0.2) is 52.1 Å². The van der Waals surface area contributed by atoms with Crippen LogP contribution in [0, 0.1) is 11.6 Å². The zero-order chi connectivity index (χ0) is 22.6. The molecule has 0 spiro atoms. The van der Waals surface area contributed by atoms with Gasteiger partial charge in [0, 0.05) is 30.3 Å². The number of imidazole rings is 1. The maximum Gasteiger partial charge on any atom is 0.439 e.